The highest BCUT2D eigenvalue weighted by molar-refractivity contribution is 5.73. The molecule has 16 nitrogen and oxygen atoms in total. The smallest absolute Gasteiger partial charge is 0.217 e. The molecule has 0 radical (unpaired) electrons. The SMILES string of the molecule is CC(=O)NC1[C@H](O)OC(CO)[C@@H](O[C@@H]2OC(/C=N\OCCN=[N+]=[N-])[C@H](O)[C@H](O)C2O)[C@@H]1O. The van der Waals surface area contributed by atoms with Gasteiger partial charge in [-0.2, -0.15) is 0 Å². The lowest BCUT2D eigenvalue weighted by Gasteiger charge is -2.46. The van der Waals surface area contributed by atoms with E-state index in [4.69, 9.17) is 24.6 Å². The minimum Gasteiger partial charge on any atom is -0.396 e. The molecule has 32 heavy (non-hydrogen) atoms. The van der Waals surface area contributed by atoms with Gasteiger partial charge >= 0.3 is 0 Å². The highest BCUT2D eigenvalue weighted by Gasteiger charge is 2.50. The van der Waals surface area contributed by atoms with E-state index in [0.29, 0.717) is 0 Å². The van der Waals surface area contributed by atoms with E-state index < -0.39 is 73.9 Å². The Labute approximate surface area is 181 Å². The van der Waals surface area contributed by atoms with Crippen molar-refractivity contribution in [2.45, 2.75) is 68.3 Å². The number of oxime groups is 1. The molecule has 2 heterocycles. The second kappa shape index (κ2) is 12.2. The average molecular weight is 465 g/mol. The summed E-state index contributed by atoms with van der Waals surface area (Å²) in [5.74, 6) is -0.581. The Morgan fingerprint density at radius 2 is 1.88 bits per heavy atom. The van der Waals surface area contributed by atoms with Crippen LogP contribution in [0.4, 0.5) is 0 Å². The van der Waals surface area contributed by atoms with Gasteiger partial charge in [0.15, 0.2) is 12.6 Å². The molecule has 0 spiro atoms. The summed E-state index contributed by atoms with van der Waals surface area (Å²) in [6.45, 7) is 0.380. The minimum absolute atomic E-state index is 0.00156. The molecule has 0 aromatic rings. The molecule has 0 saturated carbocycles. The summed E-state index contributed by atoms with van der Waals surface area (Å²) < 4.78 is 16.1. The molecule has 2 fully saturated rings. The summed E-state index contributed by atoms with van der Waals surface area (Å²) in [5.41, 5.74) is 8.18. The highest BCUT2D eigenvalue weighted by atomic mass is 16.7. The first-order valence-electron chi connectivity index (χ1n) is 9.62. The van der Waals surface area contributed by atoms with Gasteiger partial charge in [0, 0.05) is 11.8 Å². The number of rotatable bonds is 9. The summed E-state index contributed by atoms with van der Waals surface area (Å²) in [6.07, 6.45) is -13.1. The molecule has 2 saturated heterocycles. The van der Waals surface area contributed by atoms with Crippen molar-refractivity contribution >= 4 is 12.1 Å². The Morgan fingerprint density at radius 3 is 2.50 bits per heavy atom. The molecule has 0 bridgehead atoms. The topological polar surface area (TPSA) is 249 Å². The van der Waals surface area contributed by atoms with Crippen molar-refractivity contribution < 1.29 is 54.5 Å². The van der Waals surface area contributed by atoms with Gasteiger partial charge in [0.1, 0.15) is 55.4 Å². The van der Waals surface area contributed by atoms with E-state index in [2.05, 4.69) is 20.5 Å². The number of amides is 1. The third-order valence-corrected chi connectivity index (χ3v) is 4.77. The van der Waals surface area contributed by atoms with Crippen molar-refractivity contribution in [3.8, 4) is 0 Å². The molecule has 7 N–H and O–H groups in total. The molecule has 0 aromatic heterocycles. The van der Waals surface area contributed by atoms with Crippen LogP contribution in [0.25, 0.3) is 10.4 Å². The predicted molar refractivity (Wildman–Crippen MR) is 102 cm³/mol. The molecule has 10 atom stereocenters. The van der Waals surface area contributed by atoms with E-state index in [1.165, 1.54) is 0 Å². The Kier molecular flexibility index (Phi) is 9.98. The lowest BCUT2D eigenvalue weighted by molar-refractivity contribution is -0.335. The zero-order valence-electron chi connectivity index (χ0n) is 17.0. The number of carbonyl (C=O) groups excluding carboxylic acids is 1. The maximum atomic E-state index is 11.4. The molecular formula is C16H27N5O11. The second-order valence-electron chi connectivity index (χ2n) is 7.05. The van der Waals surface area contributed by atoms with Crippen molar-refractivity contribution in [1.29, 1.82) is 0 Å². The monoisotopic (exact) mass is 465 g/mol. The lowest BCUT2D eigenvalue weighted by atomic mass is 9.95. The molecule has 2 aliphatic heterocycles. The van der Waals surface area contributed by atoms with Gasteiger partial charge in [0.05, 0.1) is 19.4 Å². The molecule has 1 amide bonds. The van der Waals surface area contributed by atoms with E-state index in [9.17, 15) is 35.4 Å². The van der Waals surface area contributed by atoms with E-state index in [1.54, 1.807) is 0 Å². The number of ether oxygens (including phenoxy) is 3. The van der Waals surface area contributed by atoms with Crippen molar-refractivity contribution in [3.05, 3.63) is 10.4 Å². The average Bonchev–Trinajstić information content (AvgIpc) is 2.76. The molecule has 182 valence electrons. The fraction of sp³-hybridized carbons (Fsp3) is 0.875. The first kappa shape index (κ1) is 26.1. The van der Waals surface area contributed by atoms with Crippen molar-refractivity contribution in [2.75, 3.05) is 19.8 Å². The van der Waals surface area contributed by atoms with Gasteiger partial charge in [-0.3, -0.25) is 4.79 Å². The van der Waals surface area contributed by atoms with Crippen LogP contribution >= 0.6 is 0 Å². The number of nitrogens with one attached hydrogen (secondary N) is 1. The largest absolute Gasteiger partial charge is 0.396 e. The molecule has 2 aliphatic rings. The molecule has 0 aliphatic carbocycles. The fourth-order valence-electron chi connectivity index (χ4n) is 3.19. The Morgan fingerprint density at radius 1 is 1.16 bits per heavy atom. The fourth-order valence-corrected chi connectivity index (χ4v) is 3.19. The second-order valence-corrected chi connectivity index (χ2v) is 7.05. The van der Waals surface area contributed by atoms with Gasteiger partial charge in [-0.05, 0) is 5.53 Å². The first-order valence-corrected chi connectivity index (χ1v) is 9.62. The maximum absolute atomic E-state index is 11.4. The summed E-state index contributed by atoms with van der Waals surface area (Å²) in [4.78, 5) is 18.7. The molecule has 2 rings (SSSR count). The van der Waals surface area contributed by atoms with Crippen LogP contribution in [0.5, 0.6) is 0 Å². The van der Waals surface area contributed by atoms with Crippen LogP contribution in [0, 0.1) is 0 Å². The van der Waals surface area contributed by atoms with Gasteiger partial charge in [0.25, 0.3) is 0 Å². The number of azide groups is 1. The molecule has 0 aromatic carbocycles. The van der Waals surface area contributed by atoms with E-state index >= 15 is 0 Å². The molecular weight excluding hydrogens is 438 g/mol. The number of aliphatic hydroxyl groups is 6. The van der Waals surface area contributed by atoms with Crippen LogP contribution in [0.3, 0.4) is 0 Å². The van der Waals surface area contributed by atoms with Gasteiger partial charge in [-0.15, -0.1) is 0 Å². The number of nitrogens with zero attached hydrogens (tertiary/aromatic N) is 4. The highest BCUT2D eigenvalue weighted by Crippen LogP contribution is 2.28. The third kappa shape index (κ3) is 6.46. The minimum atomic E-state index is -1.78. The Hall–Kier alpha value is -2.11. The van der Waals surface area contributed by atoms with Crippen LogP contribution in [-0.4, -0.2) is 124 Å². The number of aliphatic hydroxyl groups excluding tert-OH is 6. The first-order chi connectivity index (χ1) is 15.2. The van der Waals surface area contributed by atoms with Crippen molar-refractivity contribution in [2.24, 2.45) is 10.3 Å². The van der Waals surface area contributed by atoms with Crippen molar-refractivity contribution in [1.82, 2.24) is 5.32 Å². The Bertz CT molecular complexity index is 693. The Balaban J connectivity index is 2.10. The van der Waals surface area contributed by atoms with Crippen LogP contribution in [0.2, 0.25) is 0 Å². The van der Waals surface area contributed by atoms with Gasteiger partial charge in [0.2, 0.25) is 5.91 Å². The standard InChI is InChI=1S/C16H27N5O11/c1-6(23)20-9-11(25)14(8(5-22)30-15(9)28)32-16-13(27)12(26)10(24)7(31-16)4-19-29-3-2-18-21-17/h4,7-16,22,24-28H,2-3,5H2,1H3,(H,20,23)/b19-4-/t7?,8?,9?,10-,11+,12-,13?,14+,15+,16-/m0/s1. The van der Waals surface area contributed by atoms with Crippen LogP contribution < -0.4 is 5.32 Å². The zero-order chi connectivity index (χ0) is 23.8. The summed E-state index contributed by atoms with van der Waals surface area (Å²) in [7, 11) is 0. The number of hydrogen-bond acceptors (Lipinski definition) is 13. The van der Waals surface area contributed by atoms with E-state index in [1.807, 2.05) is 0 Å². The number of carbonyl (C=O) groups is 1. The zero-order valence-corrected chi connectivity index (χ0v) is 17.0. The predicted octanol–water partition coefficient (Wildman–Crippen LogP) is -3.93. The normalized spacial score (nSPS) is 40.0. The third-order valence-electron chi connectivity index (χ3n) is 4.77. The molecule has 16 heteroatoms. The van der Waals surface area contributed by atoms with E-state index in [-0.39, 0.29) is 13.2 Å². The molecule has 4 unspecified atom stereocenters. The van der Waals surface area contributed by atoms with Crippen LogP contribution in [-0.2, 0) is 23.8 Å². The number of hydrogen-bond donors (Lipinski definition) is 7. The van der Waals surface area contributed by atoms with Gasteiger partial charge in [-0.1, -0.05) is 10.3 Å². The lowest BCUT2D eigenvalue weighted by Crippen LogP contribution is -2.67. The van der Waals surface area contributed by atoms with Gasteiger partial charge < -0.3 is 55.0 Å². The maximum Gasteiger partial charge on any atom is 0.217 e. The summed E-state index contributed by atoms with van der Waals surface area (Å²) >= 11 is 0. The summed E-state index contributed by atoms with van der Waals surface area (Å²) in [6, 6.07) is -1.32. The van der Waals surface area contributed by atoms with Crippen molar-refractivity contribution in [3.63, 3.8) is 0 Å². The van der Waals surface area contributed by atoms with Crippen LogP contribution in [0.15, 0.2) is 10.3 Å². The quantitative estimate of drug-likeness (QED) is 0.0432. The van der Waals surface area contributed by atoms with E-state index in [0.717, 1.165) is 13.1 Å². The van der Waals surface area contributed by atoms with Crippen LogP contribution in [0.1, 0.15) is 6.92 Å². The summed E-state index contributed by atoms with van der Waals surface area (Å²) in [5, 5.41) is 69.6. The van der Waals surface area contributed by atoms with Gasteiger partial charge in [-0.25, -0.2) is 0 Å².